The Balaban J connectivity index is 2.27. The fraction of sp³-hybridized carbons (Fsp3) is 0.375. The quantitative estimate of drug-likeness (QED) is 0.585. The van der Waals surface area contributed by atoms with Crippen molar-refractivity contribution in [1.29, 1.82) is 0 Å². The summed E-state index contributed by atoms with van der Waals surface area (Å²) in [6, 6.07) is 5.60. The van der Waals surface area contributed by atoms with Crippen LogP contribution in [-0.2, 0) is 16.1 Å². The maximum absolute atomic E-state index is 12.0. The molecule has 0 fully saturated rings. The summed E-state index contributed by atoms with van der Waals surface area (Å²) in [5, 5.41) is 3.96. The van der Waals surface area contributed by atoms with Crippen molar-refractivity contribution in [2.75, 3.05) is 20.3 Å². The van der Waals surface area contributed by atoms with Crippen LogP contribution in [0.3, 0.4) is 0 Å². The normalized spacial score (nSPS) is 12.3. The van der Waals surface area contributed by atoms with E-state index in [9.17, 15) is 4.79 Å². The fourth-order valence-electron chi connectivity index (χ4n) is 2.10. The van der Waals surface area contributed by atoms with Crippen molar-refractivity contribution in [3.63, 3.8) is 0 Å². The lowest BCUT2D eigenvalue weighted by Gasteiger charge is -2.12. The van der Waals surface area contributed by atoms with Gasteiger partial charge in [0.2, 0.25) is 5.91 Å². The van der Waals surface area contributed by atoms with Gasteiger partial charge in [-0.15, -0.1) is 6.58 Å². The van der Waals surface area contributed by atoms with Gasteiger partial charge in [0.05, 0.1) is 22.9 Å². The predicted octanol–water partition coefficient (Wildman–Crippen LogP) is 3.12. The van der Waals surface area contributed by atoms with Crippen molar-refractivity contribution in [1.82, 2.24) is 14.9 Å². The van der Waals surface area contributed by atoms with Crippen molar-refractivity contribution in [3.05, 3.63) is 35.9 Å². The van der Waals surface area contributed by atoms with Crippen LogP contribution in [0.4, 0.5) is 0 Å². The molecule has 23 heavy (non-hydrogen) atoms. The van der Waals surface area contributed by atoms with Crippen LogP contribution in [0.15, 0.2) is 36.0 Å². The Morgan fingerprint density at radius 3 is 3.09 bits per heavy atom. The number of carbonyl (C=O) groups excluding carboxylic acids is 1. The number of halogens is 1. The number of imidazole rings is 1. The van der Waals surface area contributed by atoms with E-state index < -0.39 is 0 Å². The SMILES string of the molecule is C=CCNC(=O)C(C)Sc1nc2cc(Cl)ccc2n1CCOC. The molecule has 1 N–H and O–H groups in total. The number of hydrogen-bond donors (Lipinski definition) is 1. The molecular weight excluding hydrogens is 334 g/mol. The second-order valence-electron chi connectivity index (χ2n) is 4.97. The molecular formula is C16H20ClN3O2S. The van der Waals surface area contributed by atoms with Crippen LogP contribution in [0.25, 0.3) is 11.0 Å². The molecule has 0 aliphatic heterocycles. The van der Waals surface area contributed by atoms with Crippen LogP contribution in [0, 0.1) is 0 Å². The number of fused-ring (bicyclic) bond motifs is 1. The lowest BCUT2D eigenvalue weighted by Crippen LogP contribution is -2.31. The molecule has 1 atom stereocenters. The number of nitrogens with zero attached hydrogens (tertiary/aromatic N) is 2. The zero-order chi connectivity index (χ0) is 16.8. The van der Waals surface area contributed by atoms with Gasteiger partial charge in [0.15, 0.2) is 5.16 Å². The van der Waals surface area contributed by atoms with E-state index in [-0.39, 0.29) is 11.2 Å². The highest BCUT2D eigenvalue weighted by Crippen LogP contribution is 2.28. The number of benzene rings is 1. The van der Waals surface area contributed by atoms with Crippen LogP contribution in [-0.4, -0.2) is 41.0 Å². The number of nitrogens with one attached hydrogen (secondary N) is 1. The molecule has 124 valence electrons. The van der Waals surface area contributed by atoms with Gasteiger partial charge in [-0.25, -0.2) is 4.98 Å². The highest BCUT2D eigenvalue weighted by Gasteiger charge is 2.19. The standard InChI is InChI=1S/C16H20ClN3O2S/c1-4-7-18-15(21)11(2)23-16-19-13-10-12(17)5-6-14(13)20(16)8-9-22-3/h4-6,10-11H,1,7-9H2,2-3H3,(H,18,21). The molecule has 1 aromatic carbocycles. The van der Waals surface area contributed by atoms with E-state index in [2.05, 4.69) is 21.4 Å². The van der Waals surface area contributed by atoms with Crippen molar-refractivity contribution < 1.29 is 9.53 Å². The minimum atomic E-state index is -0.261. The molecule has 0 aliphatic rings. The first-order valence-corrected chi connectivity index (χ1v) is 8.52. The van der Waals surface area contributed by atoms with E-state index in [0.29, 0.717) is 24.7 Å². The molecule has 1 unspecified atom stereocenters. The summed E-state index contributed by atoms with van der Waals surface area (Å²) >= 11 is 7.46. The Kier molecular flexibility index (Phi) is 6.50. The van der Waals surface area contributed by atoms with Crippen molar-refractivity contribution >= 4 is 40.3 Å². The first-order chi connectivity index (χ1) is 11.1. The highest BCUT2D eigenvalue weighted by atomic mass is 35.5. The van der Waals surface area contributed by atoms with Gasteiger partial charge in [0, 0.05) is 25.2 Å². The number of hydrogen-bond acceptors (Lipinski definition) is 4. The number of ether oxygens (including phenoxy) is 1. The van der Waals surface area contributed by atoms with Crippen LogP contribution < -0.4 is 5.32 Å². The van der Waals surface area contributed by atoms with Gasteiger partial charge in [0.1, 0.15) is 0 Å². The minimum absolute atomic E-state index is 0.0433. The molecule has 5 nitrogen and oxygen atoms in total. The van der Waals surface area contributed by atoms with Crippen LogP contribution in [0.1, 0.15) is 6.92 Å². The average Bonchev–Trinajstić information content (AvgIpc) is 2.86. The van der Waals surface area contributed by atoms with E-state index >= 15 is 0 Å². The van der Waals surface area contributed by atoms with Gasteiger partial charge in [0.25, 0.3) is 0 Å². The maximum Gasteiger partial charge on any atom is 0.233 e. The Labute approximate surface area is 145 Å². The van der Waals surface area contributed by atoms with Gasteiger partial charge < -0.3 is 14.6 Å². The smallest absolute Gasteiger partial charge is 0.233 e. The predicted molar refractivity (Wildman–Crippen MR) is 95.1 cm³/mol. The summed E-state index contributed by atoms with van der Waals surface area (Å²) in [6.07, 6.45) is 1.66. The summed E-state index contributed by atoms with van der Waals surface area (Å²) in [6.45, 7) is 7.14. The van der Waals surface area contributed by atoms with E-state index in [4.69, 9.17) is 16.3 Å². The summed E-state index contributed by atoms with van der Waals surface area (Å²) in [5.74, 6) is -0.0433. The second-order valence-corrected chi connectivity index (χ2v) is 6.71. The lowest BCUT2D eigenvalue weighted by atomic mass is 10.3. The first kappa shape index (κ1) is 17.8. The van der Waals surface area contributed by atoms with E-state index in [1.165, 1.54) is 11.8 Å². The van der Waals surface area contributed by atoms with Crippen LogP contribution >= 0.6 is 23.4 Å². The van der Waals surface area contributed by atoms with Gasteiger partial charge in [-0.1, -0.05) is 29.4 Å². The largest absolute Gasteiger partial charge is 0.383 e. The Hall–Kier alpha value is -1.50. The minimum Gasteiger partial charge on any atom is -0.383 e. The monoisotopic (exact) mass is 353 g/mol. The lowest BCUT2D eigenvalue weighted by molar-refractivity contribution is -0.120. The van der Waals surface area contributed by atoms with E-state index in [1.54, 1.807) is 13.2 Å². The number of amides is 1. The Bertz CT molecular complexity index is 702. The van der Waals surface area contributed by atoms with Crippen molar-refractivity contribution in [2.45, 2.75) is 23.9 Å². The highest BCUT2D eigenvalue weighted by molar-refractivity contribution is 8.00. The van der Waals surface area contributed by atoms with Crippen LogP contribution in [0.5, 0.6) is 0 Å². The van der Waals surface area contributed by atoms with Gasteiger partial charge in [-0.2, -0.15) is 0 Å². The molecule has 2 rings (SSSR count). The molecule has 1 aromatic heterocycles. The maximum atomic E-state index is 12.0. The number of carbonyl (C=O) groups is 1. The van der Waals surface area contributed by atoms with E-state index in [1.807, 2.05) is 25.1 Å². The molecule has 0 spiro atoms. The summed E-state index contributed by atoms with van der Waals surface area (Å²) in [5.41, 5.74) is 1.79. The third-order valence-electron chi connectivity index (χ3n) is 3.27. The molecule has 2 aromatic rings. The third-order valence-corrected chi connectivity index (χ3v) is 4.59. The molecule has 1 heterocycles. The Morgan fingerprint density at radius 1 is 1.61 bits per heavy atom. The molecule has 0 radical (unpaired) electrons. The Morgan fingerprint density at radius 2 is 2.39 bits per heavy atom. The first-order valence-electron chi connectivity index (χ1n) is 7.26. The van der Waals surface area contributed by atoms with Gasteiger partial charge >= 0.3 is 0 Å². The van der Waals surface area contributed by atoms with E-state index in [0.717, 1.165) is 16.2 Å². The van der Waals surface area contributed by atoms with Crippen molar-refractivity contribution in [3.8, 4) is 0 Å². The molecule has 1 amide bonds. The van der Waals surface area contributed by atoms with Crippen LogP contribution in [0.2, 0.25) is 5.02 Å². The molecule has 0 bridgehead atoms. The summed E-state index contributed by atoms with van der Waals surface area (Å²) in [4.78, 5) is 16.7. The topological polar surface area (TPSA) is 56.2 Å². The number of methoxy groups -OCH3 is 1. The molecule has 0 saturated carbocycles. The summed E-state index contributed by atoms with van der Waals surface area (Å²) < 4.78 is 7.23. The summed E-state index contributed by atoms with van der Waals surface area (Å²) in [7, 11) is 1.66. The second kappa shape index (κ2) is 8.38. The van der Waals surface area contributed by atoms with Gasteiger partial charge in [-0.05, 0) is 25.1 Å². The number of aromatic nitrogens is 2. The van der Waals surface area contributed by atoms with Gasteiger partial charge in [-0.3, -0.25) is 4.79 Å². The zero-order valence-corrected chi connectivity index (χ0v) is 14.8. The third kappa shape index (κ3) is 4.50. The molecule has 0 aliphatic carbocycles. The number of thioether (sulfide) groups is 1. The van der Waals surface area contributed by atoms with Crippen molar-refractivity contribution in [2.24, 2.45) is 0 Å². The number of rotatable bonds is 8. The zero-order valence-electron chi connectivity index (χ0n) is 13.2. The molecule has 0 saturated heterocycles. The average molecular weight is 354 g/mol. The molecule has 7 heteroatoms. The fourth-order valence-corrected chi connectivity index (χ4v) is 3.24.